The number of amides is 1. The van der Waals surface area contributed by atoms with Crippen LogP contribution in [0.3, 0.4) is 0 Å². The Morgan fingerprint density at radius 2 is 1.82 bits per heavy atom. The Hall–Kier alpha value is -3.46. The molecule has 0 fully saturated rings. The van der Waals surface area contributed by atoms with Gasteiger partial charge in [-0.3, -0.25) is 9.36 Å². The van der Waals surface area contributed by atoms with Gasteiger partial charge < -0.3 is 9.88 Å². The van der Waals surface area contributed by atoms with Crippen molar-refractivity contribution < 1.29 is 9.18 Å². The molecule has 1 aliphatic heterocycles. The van der Waals surface area contributed by atoms with Gasteiger partial charge in [0.1, 0.15) is 17.3 Å². The summed E-state index contributed by atoms with van der Waals surface area (Å²) in [4.78, 5) is 17.4. The lowest BCUT2D eigenvalue weighted by molar-refractivity contribution is 0.102. The second-order valence-electron chi connectivity index (χ2n) is 7.88. The number of imidazole rings is 1. The number of anilines is 1. The number of thioether (sulfide) groups is 1. The molecule has 7 nitrogen and oxygen atoms in total. The van der Waals surface area contributed by atoms with Crippen LogP contribution >= 0.6 is 11.8 Å². The normalized spacial score (nSPS) is 13.4. The standard InChI is InChI=1S/C24H23FN6OS/c1-33-24-26-15-20(31(24)19-12-8-17(25)9-13-19)23(32)27-18-10-6-16(7-11-18)22-29-28-21-5-3-2-4-14-30(21)22/h6-13,15H,2-5,14H2,1H3,(H,27,32). The van der Waals surface area contributed by atoms with Crippen molar-refractivity contribution in [3.63, 3.8) is 0 Å². The monoisotopic (exact) mass is 462 g/mol. The van der Waals surface area contributed by atoms with Crippen LogP contribution in [-0.4, -0.2) is 36.5 Å². The number of nitrogens with one attached hydrogen (secondary N) is 1. The summed E-state index contributed by atoms with van der Waals surface area (Å²) in [5, 5.41) is 12.3. The molecule has 4 aromatic rings. The van der Waals surface area contributed by atoms with E-state index in [2.05, 4.69) is 25.1 Å². The Morgan fingerprint density at radius 3 is 2.58 bits per heavy atom. The van der Waals surface area contributed by atoms with Gasteiger partial charge in [-0.25, -0.2) is 9.37 Å². The van der Waals surface area contributed by atoms with Crippen molar-refractivity contribution in [1.82, 2.24) is 24.3 Å². The Morgan fingerprint density at radius 1 is 1.03 bits per heavy atom. The summed E-state index contributed by atoms with van der Waals surface area (Å²) in [6.07, 6.45) is 7.86. The topological polar surface area (TPSA) is 77.6 Å². The molecule has 9 heteroatoms. The molecule has 33 heavy (non-hydrogen) atoms. The van der Waals surface area contributed by atoms with Gasteiger partial charge in [0.05, 0.1) is 6.20 Å². The number of aryl methyl sites for hydroxylation is 1. The smallest absolute Gasteiger partial charge is 0.274 e. The van der Waals surface area contributed by atoms with Gasteiger partial charge in [0.2, 0.25) is 0 Å². The molecule has 0 atom stereocenters. The zero-order valence-corrected chi connectivity index (χ0v) is 19.0. The molecule has 0 saturated carbocycles. The van der Waals surface area contributed by atoms with Crippen LogP contribution < -0.4 is 5.32 Å². The van der Waals surface area contributed by atoms with Crippen LogP contribution in [0.25, 0.3) is 17.1 Å². The molecule has 0 aliphatic carbocycles. The lowest BCUT2D eigenvalue weighted by Crippen LogP contribution is -2.16. The molecule has 0 spiro atoms. The van der Waals surface area contributed by atoms with Gasteiger partial charge in [-0.15, -0.1) is 10.2 Å². The van der Waals surface area contributed by atoms with E-state index in [4.69, 9.17) is 0 Å². The highest BCUT2D eigenvalue weighted by Gasteiger charge is 2.19. The lowest BCUT2D eigenvalue weighted by atomic mass is 10.2. The van der Waals surface area contributed by atoms with Gasteiger partial charge in [0.25, 0.3) is 5.91 Å². The molecule has 1 N–H and O–H groups in total. The summed E-state index contributed by atoms with van der Waals surface area (Å²) in [5.74, 6) is 1.28. The summed E-state index contributed by atoms with van der Waals surface area (Å²) in [5.41, 5.74) is 2.68. The van der Waals surface area contributed by atoms with Gasteiger partial charge in [-0.1, -0.05) is 18.2 Å². The number of halogens is 1. The van der Waals surface area contributed by atoms with Crippen molar-refractivity contribution in [1.29, 1.82) is 0 Å². The highest BCUT2D eigenvalue weighted by molar-refractivity contribution is 7.98. The maximum absolute atomic E-state index is 13.4. The van der Waals surface area contributed by atoms with Crippen LogP contribution in [0.15, 0.2) is 59.9 Å². The van der Waals surface area contributed by atoms with E-state index in [0.29, 0.717) is 22.2 Å². The maximum Gasteiger partial charge on any atom is 0.274 e. The van der Waals surface area contributed by atoms with E-state index >= 15 is 0 Å². The molecular formula is C24H23FN6OS. The number of carbonyl (C=O) groups is 1. The number of hydrogen-bond donors (Lipinski definition) is 1. The molecular weight excluding hydrogens is 439 g/mol. The number of carbonyl (C=O) groups excluding carboxylic acids is 1. The van der Waals surface area contributed by atoms with Gasteiger partial charge in [0.15, 0.2) is 11.0 Å². The van der Waals surface area contributed by atoms with Crippen LogP contribution in [0.5, 0.6) is 0 Å². The molecule has 0 radical (unpaired) electrons. The van der Waals surface area contributed by atoms with Gasteiger partial charge in [0, 0.05) is 29.9 Å². The summed E-state index contributed by atoms with van der Waals surface area (Å²) in [7, 11) is 0. The maximum atomic E-state index is 13.4. The fourth-order valence-corrected chi connectivity index (χ4v) is 4.62. The van der Waals surface area contributed by atoms with Crippen LogP contribution in [0.1, 0.15) is 35.6 Å². The summed E-state index contributed by atoms with van der Waals surface area (Å²) >= 11 is 1.41. The van der Waals surface area contributed by atoms with E-state index in [0.717, 1.165) is 43.0 Å². The first-order valence-corrected chi connectivity index (χ1v) is 12.1. The van der Waals surface area contributed by atoms with Crippen molar-refractivity contribution >= 4 is 23.4 Å². The van der Waals surface area contributed by atoms with Crippen LogP contribution in [0, 0.1) is 5.82 Å². The third-order valence-electron chi connectivity index (χ3n) is 5.74. The second kappa shape index (κ2) is 9.19. The minimum atomic E-state index is -0.333. The Labute approximate surface area is 195 Å². The Balaban J connectivity index is 1.38. The predicted octanol–water partition coefficient (Wildman–Crippen LogP) is 4.97. The number of nitrogens with zero attached hydrogens (tertiary/aromatic N) is 5. The largest absolute Gasteiger partial charge is 0.321 e. The van der Waals surface area contributed by atoms with E-state index < -0.39 is 0 Å². The number of aromatic nitrogens is 5. The molecule has 5 rings (SSSR count). The SMILES string of the molecule is CSc1ncc(C(=O)Nc2ccc(-c3nnc4n3CCCCC4)cc2)n1-c1ccc(F)cc1. The number of fused-ring (bicyclic) bond motifs is 1. The van der Waals surface area contributed by atoms with Crippen LogP contribution in [-0.2, 0) is 13.0 Å². The fourth-order valence-electron chi connectivity index (χ4n) is 4.08. The van der Waals surface area contributed by atoms with E-state index in [1.54, 1.807) is 16.7 Å². The summed E-state index contributed by atoms with van der Waals surface area (Å²) in [6.45, 7) is 0.932. The molecule has 168 valence electrons. The fraction of sp³-hybridized carbons (Fsp3) is 0.250. The highest BCUT2D eigenvalue weighted by Crippen LogP contribution is 2.25. The van der Waals surface area contributed by atoms with Crippen molar-refractivity contribution in [3.05, 3.63) is 72.1 Å². The van der Waals surface area contributed by atoms with E-state index in [1.165, 1.54) is 36.5 Å². The lowest BCUT2D eigenvalue weighted by Gasteiger charge is -2.12. The van der Waals surface area contributed by atoms with Gasteiger partial charge in [-0.05, 0) is 67.6 Å². The Kier molecular flexibility index (Phi) is 5.95. The van der Waals surface area contributed by atoms with E-state index in [-0.39, 0.29) is 11.7 Å². The highest BCUT2D eigenvalue weighted by atomic mass is 32.2. The quantitative estimate of drug-likeness (QED) is 0.424. The van der Waals surface area contributed by atoms with Crippen molar-refractivity contribution in [2.45, 2.75) is 37.4 Å². The first-order valence-electron chi connectivity index (χ1n) is 10.9. The number of hydrogen-bond acceptors (Lipinski definition) is 5. The van der Waals surface area contributed by atoms with Crippen LogP contribution in [0.4, 0.5) is 10.1 Å². The molecule has 1 aliphatic rings. The first-order chi connectivity index (χ1) is 16.1. The minimum Gasteiger partial charge on any atom is -0.321 e. The average Bonchev–Trinajstić information content (AvgIpc) is 3.37. The van der Waals surface area contributed by atoms with E-state index in [1.807, 2.05) is 30.5 Å². The number of benzene rings is 2. The molecule has 1 amide bonds. The molecule has 0 bridgehead atoms. The predicted molar refractivity (Wildman–Crippen MR) is 126 cm³/mol. The summed E-state index contributed by atoms with van der Waals surface area (Å²) < 4.78 is 17.3. The zero-order chi connectivity index (χ0) is 22.8. The second-order valence-corrected chi connectivity index (χ2v) is 8.65. The minimum absolute atomic E-state index is 0.295. The van der Waals surface area contributed by atoms with Crippen molar-refractivity contribution in [3.8, 4) is 17.1 Å². The molecule has 0 unspecified atom stereocenters. The van der Waals surface area contributed by atoms with Gasteiger partial charge in [-0.2, -0.15) is 0 Å². The zero-order valence-electron chi connectivity index (χ0n) is 18.2. The molecule has 3 heterocycles. The molecule has 2 aromatic heterocycles. The Bertz CT molecular complexity index is 1280. The van der Waals surface area contributed by atoms with E-state index in [9.17, 15) is 9.18 Å². The third-order valence-corrected chi connectivity index (χ3v) is 6.39. The van der Waals surface area contributed by atoms with Gasteiger partial charge >= 0.3 is 0 Å². The molecule has 2 aromatic carbocycles. The van der Waals surface area contributed by atoms with Crippen LogP contribution in [0.2, 0.25) is 0 Å². The van der Waals surface area contributed by atoms with Crippen molar-refractivity contribution in [2.24, 2.45) is 0 Å². The summed E-state index contributed by atoms with van der Waals surface area (Å²) in [6, 6.07) is 13.6. The first kappa shape index (κ1) is 21.4. The average molecular weight is 463 g/mol. The number of rotatable bonds is 5. The van der Waals surface area contributed by atoms with Crippen molar-refractivity contribution in [2.75, 3.05) is 11.6 Å². The third kappa shape index (κ3) is 4.28. The molecule has 0 saturated heterocycles.